The zero-order valence-electron chi connectivity index (χ0n) is 12.5. The average molecular weight is 289 g/mol. The van der Waals surface area contributed by atoms with Gasteiger partial charge in [0.1, 0.15) is 6.10 Å². The molecule has 0 aliphatic carbocycles. The fraction of sp³-hybridized carbons (Fsp3) is 1.00. The maximum Gasteiger partial charge on any atom is 0.109 e. The number of nitrogens with one attached hydrogen (secondary N) is 1. The third kappa shape index (κ3) is 5.30. The molecule has 0 radical (unpaired) electrons. The van der Waals surface area contributed by atoms with E-state index in [0.29, 0.717) is 0 Å². The van der Waals surface area contributed by atoms with Crippen molar-refractivity contribution < 1.29 is 20.4 Å². The van der Waals surface area contributed by atoms with Crippen molar-refractivity contribution in [1.29, 1.82) is 0 Å². The van der Waals surface area contributed by atoms with E-state index < -0.39 is 24.4 Å². The van der Waals surface area contributed by atoms with E-state index in [1.807, 2.05) is 0 Å². The molecule has 0 aromatic heterocycles. The fourth-order valence-corrected chi connectivity index (χ4v) is 2.89. The first-order chi connectivity index (χ1) is 9.61. The van der Waals surface area contributed by atoms with Crippen LogP contribution in [0.5, 0.6) is 0 Å². The highest BCUT2D eigenvalue weighted by Gasteiger charge is 2.41. The van der Waals surface area contributed by atoms with Crippen LogP contribution in [0.1, 0.15) is 58.3 Å². The molecule has 1 unspecified atom stereocenters. The summed E-state index contributed by atoms with van der Waals surface area (Å²) >= 11 is 0. The van der Waals surface area contributed by atoms with E-state index in [-0.39, 0.29) is 12.6 Å². The van der Waals surface area contributed by atoms with Gasteiger partial charge in [-0.3, -0.25) is 0 Å². The summed E-state index contributed by atoms with van der Waals surface area (Å²) < 4.78 is 0. The van der Waals surface area contributed by atoms with Crippen LogP contribution in [0.4, 0.5) is 0 Å². The molecule has 0 bridgehead atoms. The van der Waals surface area contributed by atoms with Gasteiger partial charge in [0.05, 0.1) is 24.9 Å². The molecule has 0 saturated carbocycles. The van der Waals surface area contributed by atoms with Crippen molar-refractivity contribution in [2.45, 2.75) is 88.7 Å². The van der Waals surface area contributed by atoms with Gasteiger partial charge in [0.15, 0.2) is 0 Å². The molecule has 0 aromatic carbocycles. The van der Waals surface area contributed by atoms with Crippen LogP contribution in [-0.2, 0) is 0 Å². The summed E-state index contributed by atoms with van der Waals surface area (Å²) in [5, 5.41) is 41.6. The summed E-state index contributed by atoms with van der Waals surface area (Å²) in [7, 11) is 0. The summed E-state index contributed by atoms with van der Waals surface area (Å²) in [4.78, 5) is 0. The maximum atomic E-state index is 9.94. The predicted molar refractivity (Wildman–Crippen MR) is 78.4 cm³/mol. The van der Waals surface area contributed by atoms with Crippen LogP contribution in [0, 0.1) is 0 Å². The molecule has 1 fully saturated rings. The molecule has 5 N–H and O–H groups in total. The molecule has 20 heavy (non-hydrogen) atoms. The van der Waals surface area contributed by atoms with Gasteiger partial charge in [-0.15, -0.1) is 0 Å². The summed E-state index contributed by atoms with van der Waals surface area (Å²) in [5.41, 5.74) is 0. The van der Waals surface area contributed by atoms with Crippen molar-refractivity contribution in [3.8, 4) is 0 Å². The predicted octanol–water partition coefficient (Wildman–Crippen LogP) is 0.542. The first-order valence-electron chi connectivity index (χ1n) is 8.03. The van der Waals surface area contributed by atoms with Gasteiger partial charge in [0.2, 0.25) is 0 Å². The van der Waals surface area contributed by atoms with Crippen molar-refractivity contribution in [2.75, 3.05) is 6.61 Å². The van der Waals surface area contributed by atoms with Gasteiger partial charge < -0.3 is 25.7 Å². The Morgan fingerprint density at radius 1 is 0.750 bits per heavy atom. The van der Waals surface area contributed by atoms with E-state index in [1.165, 1.54) is 32.1 Å². The highest BCUT2D eigenvalue weighted by atomic mass is 16.4. The third-order valence-electron chi connectivity index (χ3n) is 4.27. The van der Waals surface area contributed by atoms with Crippen molar-refractivity contribution in [2.24, 2.45) is 0 Å². The maximum absolute atomic E-state index is 9.94. The largest absolute Gasteiger partial charge is 0.395 e. The molecule has 1 aliphatic heterocycles. The minimum absolute atomic E-state index is 0.238. The smallest absolute Gasteiger partial charge is 0.109 e. The Morgan fingerprint density at radius 2 is 1.30 bits per heavy atom. The van der Waals surface area contributed by atoms with Gasteiger partial charge >= 0.3 is 0 Å². The molecule has 1 rings (SSSR count). The second-order valence-electron chi connectivity index (χ2n) is 5.94. The Kier molecular flexibility index (Phi) is 8.64. The van der Waals surface area contributed by atoms with Crippen molar-refractivity contribution in [3.63, 3.8) is 0 Å². The lowest BCUT2D eigenvalue weighted by atomic mass is 9.88. The lowest BCUT2D eigenvalue weighted by Gasteiger charge is -2.41. The zero-order valence-corrected chi connectivity index (χ0v) is 12.5. The molecule has 0 aromatic rings. The topological polar surface area (TPSA) is 93.0 Å². The molecule has 1 heterocycles. The van der Waals surface area contributed by atoms with Gasteiger partial charge in [0, 0.05) is 6.04 Å². The van der Waals surface area contributed by atoms with Crippen molar-refractivity contribution in [3.05, 3.63) is 0 Å². The Balaban J connectivity index is 2.21. The molecule has 120 valence electrons. The second kappa shape index (κ2) is 9.68. The number of aliphatic hydroxyl groups excluding tert-OH is 4. The summed E-state index contributed by atoms with van der Waals surface area (Å²) in [6.07, 6.45) is 5.92. The van der Waals surface area contributed by atoms with Crippen LogP contribution in [0.3, 0.4) is 0 Å². The minimum Gasteiger partial charge on any atom is -0.395 e. The van der Waals surface area contributed by atoms with E-state index in [0.717, 1.165) is 19.3 Å². The first-order valence-corrected chi connectivity index (χ1v) is 8.03. The van der Waals surface area contributed by atoms with Gasteiger partial charge in [-0.05, 0) is 6.42 Å². The molecule has 5 heteroatoms. The Bertz CT molecular complexity index is 250. The Hall–Kier alpha value is -0.200. The Morgan fingerprint density at radius 3 is 1.90 bits per heavy atom. The number of hydrogen-bond donors (Lipinski definition) is 5. The lowest BCUT2D eigenvalue weighted by Crippen LogP contribution is -2.65. The number of rotatable bonds is 9. The highest BCUT2D eigenvalue weighted by Crippen LogP contribution is 2.20. The number of aliphatic hydroxyl groups is 4. The van der Waals surface area contributed by atoms with E-state index in [2.05, 4.69) is 12.2 Å². The highest BCUT2D eigenvalue weighted by molar-refractivity contribution is 4.97. The molecule has 5 atom stereocenters. The SMILES string of the molecule is CCCCCCCCCC1N[C@H](CO)[C@@H](O)[C@H](O)[C@H]1O. The van der Waals surface area contributed by atoms with Crippen molar-refractivity contribution >= 4 is 0 Å². The van der Waals surface area contributed by atoms with Crippen molar-refractivity contribution in [1.82, 2.24) is 5.32 Å². The fourth-order valence-electron chi connectivity index (χ4n) is 2.89. The first kappa shape index (κ1) is 17.9. The average Bonchev–Trinajstić information content (AvgIpc) is 2.46. The molecular weight excluding hydrogens is 258 g/mol. The summed E-state index contributed by atoms with van der Waals surface area (Å²) in [6, 6.07) is -0.802. The van der Waals surface area contributed by atoms with Crippen LogP contribution >= 0.6 is 0 Å². The van der Waals surface area contributed by atoms with Crippen LogP contribution in [0.2, 0.25) is 0 Å². The standard InChI is InChI=1S/C15H31NO4/c1-2-3-4-5-6-7-8-9-11-13(18)15(20)14(19)12(10-17)16-11/h11-20H,2-10H2,1H3/t11?,12-,13+,14-,15-/m1/s1. The van der Waals surface area contributed by atoms with E-state index in [1.54, 1.807) is 0 Å². The molecule has 1 aliphatic rings. The van der Waals surface area contributed by atoms with Crippen LogP contribution in [0.15, 0.2) is 0 Å². The Labute approximate surface area is 122 Å². The lowest BCUT2D eigenvalue weighted by molar-refractivity contribution is -0.120. The third-order valence-corrected chi connectivity index (χ3v) is 4.27. The summed E-state index contributed by atoms with van der Waals surface area (Å²) in [6.45, 7) is 1.96. The van der Waals surface area contributed by atoms with Crippen LogP contribution < -0.4 is 5.32 Å². The van der Waals surface area contributed by atoms with E-state index in [9.17, 15) is 15.3 Å². The van der Waals surface area contributed by atoms with Gasteiger partial charge in [-0.2, -0.15) is 0 Å². The minimum atomic E-state index is -1.18. The number of unbranched alkanes of at least 4 members (excludes halogenated alkanes) is 6. The molecule has 0 amide bonds. The molecule has 1 saturated heterocycles. The van der Waals surface area contributed by atoms with Crippen LogP contribution in [-0.4, -0.2) is 57.4 Å². The number of piperidine rings is 1. The molecular formula is C15H31NO4. The summed E-state index contributed by atoms with van der Waals surface area (Å²) in [5.74, 6) is 0. The van der Waals surface area contributed by atoms with Gasteiger partial charge in [-0.1, -0.05) is 51.9 Å². The zero-order chi connectivity index (χ0) is 15.0. The molecule has 0 spiro atoms. The quantitative estimate of drug-likeness (QED) is 0.400. The van der Waals surface area contributed by atoms with E-state index in [4.69, 9.17) is 5.11 Å². The normalized spacial score (nSPS) is 34.4. The monoisotopic (exact) mass is 289 g/mol. The van der Waals surface area contributed by atoms with Crippen LogP contribution in [0.25, 0.3) is 0 Å². The second-order valence-corrected chi connectivity index (χ2v) is 5.94. The number of hydrogen-bond acceptors (Lipinski definition) is 5. The molecule has 5 nitrogen and oxygen atoms in total. The van der Waals surface area contributed by atoms with E-state index >= 15 is 0 Å². The van der Waals surface area contributed by atoms with Gasteiger partial charge in [-0.25, -0.2) is 0 Å². The van der Waals surface area contributed by atoms with Gasteiger partial charge in [0.25, 0.3) is 0 Å².